The Bertz CT molecular complexity index is 256. The first-order chi connectivity index (χ1) is 8.74. The molecule has 0 aromatic rings. The fraction of sp³-hybridized carbons (Fsp3) is 0.929. The quantitative estimate of drug-likeness (QED) is 0.777. The molecule has 0 aromatic heterocycles. The molecule has 2 heterocycles. The standard InChI is InChI=1S/C14H27N3O/c1-13(18)12-17-8-3-14(4-9-17)2-7-16-10-5-15-6-11-16/h14-15H,2-12H2,1H3. The van der Waals surface area contributed by atoms with Crippen molar-refractivity contribution >= 4 is 5.78 Å². The van der Waals surface area contributed by atoms with Gasteiger partial charge in [0.1, 0.15) is 5.78 Å². The number of ketones is 1. The molecule has 4 nitrogen and oxygen atoms in total. The number of hydrogen-bond donors (Lipinski definition) is 1. The molecule has 0 aromatic carbocycles. The zero-order valence-electron chi connectivity index (χ0n) is 11.7. The number of piperidine rings is 1. The minimum absolute atomic E-state index is 0.300. The highest BCUT2D eigenvalue weighted by molar-refractivity contribution is 5.77. The average Bonchev–Trinajstić information content (AvgIpc) is 2.38. The smallest absolute Gasteiger partial charge is 0.143 e. The molecule has 0 unspecified atom stereocenters. The van der Waals surface area contributed by atoms with Crippen molar-refractivity contribution in [2.24, 2.45) is 5.92 Å². The predicted octanol–water partition coefficient (Wildman–Crippen LogP) is 0.583. The van der Waals surface area contributed by atoms with Crippen LogP contribution in [0.25, 0.3) is 0 Å². The topological polar surface area (TPSA) is 35.6 Å². The number of carbonyl (C=O) groups excluding carboxylic acids is 1. The molecule has 0 atom stereocenters. The van der Waals surface area contributed by atoms with E-state index in [2.05, 4.69) is 15.1 Å². The summed E-state index contributed by atoms with van der Waals surface area (Å²) in [6.45, 7) is 10.6. The molecule has 18 heavy (non-hydrogen) atoms. The molecule has 4 heteroatoms. The summed E-state index contributed by atoms with van der Waals surface area (Å²) >= 11 is 0. The number of Topliss-reactive ketones (excluding diaryl/α,β-unsaturated/α-hetero) is 1. The maximum atomic E-state index is 11.1. The van der Waals surface area contributed by atoms with E-state index in [1.807, 2.05) is 0 Å². The summed E-state index contributed by atoms with van der Waals surface area (Å²) < 4.78 is 0. The van der Waals surface area contributed by atoms with Gasteiger partial charge >= 0.3 is 0 Å². The zero-order chi connectivity index (χ0) is 12.8. The van der Waals surface area contributed by atoms with Gasteiger partial charge in [-0.3, -0.25) is 9.69 Å². The third kappa shape index (κ3) is 4.67. The third-order valence-electron chi connectivity index (χ3n) is 4.22. The van der Waals surface area contributed by atoms with Gasteiger partial charge in [0, 0.05) is 26.2 Å². The second kappa shape index (κ2) is 7.22. The highest BCUT2D eigenvalue weighted by atomic mass is 16.1. The lowest BCUT2D eigenvalue weighted by Gasteiger charge is -2.33. The molecule has 0 bridgehead atoms. The van der Waals surface area contributed by atoms with E-state index in [9.17, 15) is 4.79 Å². The van der Waals surface area contributed by atoms with Crippen LogP contribution in [0.2, 0.25) is 0 Å². The Hall–Kier alpha value is -0.450. The van der Waals surface area contributed by atoms with Crippen molar-refractivity contribution in [2.45, 2.75) is 26.2 Å². The Morgan fingerprint density at radius 1 is 1.11 bits per heavy atom. The molecule has 2 fully saturated rings. The van der Waals surface area contributed by atoms with Gasteiger partial charge in [0.25, 0.3) is 0 Å². The minimum Gasteiger partial charge on any atom is -0.314 e. The Morgan fingerprint density at radius 3 is 2.39 bits per heavy atom. The number of hydrogen-bond acceptors (Lipinski definition) is 4. The van der Waals surface area contributed by atoms with Gasteiger partial charge in [0.2, 0.25) is 0 Å². The van der Waals surface area contributed by atoms with Gasteiger partial charge in [-0.1, -0.05) is 0 Å². The highest BCUT2D eigenvalue weighted by Crippen LogP contribution is 2.20. The summed E-state index contributed by atoms with van der Waals surface area (Å²) in [5.74, 6) is 1.18. The van der Waals surface area contributed by atoms with Crippen LogP contribution in [0.1, 0.15) is 26.2 Å². The SMILES string of the molecule is CC(=O)CN1CCC(CCN2CCNCC2)CC1. The van der Waals surface area contributed by atoms with Crippen LogP contribution in [-0.2, 0) is 4.79 Å². The van der Waals surface area contributed by atoms with Gasteiger partial charge in [-0.2, -0.15) is 0 Å². The van der Waals surface area contributed by atoms with E-state index >= 15 is 0 Å². The lowest BCUT2D eigenvalue weighted by atomic mass is 9.93. The van der Waals surface area contributed by atoms with Gasteiger partial charge in [0.05, 0.1) is 6.54 Å². The molecule has 2 rings (SSSR count). The van der Waals surface area contributed by atoms with Crippen molar-refractivity contribution in [2.75, 3.05) is 52.4 Å². The molecule has 2 aliphatic rings. The van der Waals surface area contributed by atoms with Gasteiger partial charge in [-0.25, -0.2) is 0 Å². The number of nitrogens with zero attached hydrogens (tertiary/aromatic N) is 2. The second-order valence-corrected chi connectivity index (χ2v) is 5.80. The molecular weight excluding hydrogens is 226 g/mol. The van der Waals surface area contributed by atoms with Crippen LogP contribution in [0.4, 0.5) is 0 Å². The number of rotatable bonds is 5. The number of piperazine rings is 1. The minimum atomic E-state index is 0.300. The van der Waals surface area contributed by atoms with Crippen molar-refractivity contribution in [1.82, 2.24) is 15.1 Å². The van der Waals surface area contributed by atoms with Crippen LogP contribution < -0.4 is 5.32 Å². The predicted molar refractivity (Wildman–Crippen MR) is 73.8 cm³/mol. The van der Waals surface area contributed by atoms with Crippen LogP contribution in [0.15, 0.2) is 0 Å². The van der Waals surface area contributed by atoms with Crippen LogP contribution in [0, 0.1) is 5.92 Å². The highest BCUT2D eigenvalue weighted by Gasteiger charge is 2.20. The van der Waals surface area contributed by atoms with Crippen LogP contribution >= 0.6 is 0 Å². The van der Waals surface area contributed by atoms with E-state index < -0.39 is 0 Å². The molecule has 1 N–H and O–H groups in total. The molecule has 0 radical (unpaired) electrons. The number of nitrogens with one attached hydrogen (secondary N) is 1. The molecule has 0 aliphatic carbocycles. The second-order valence-electron chi connectivity index (χ2n) is 5.80. The van der Waals surface area contributed by atoms with E-state index in [4.69, 9.17) is 0 Å². The van der Waals surface area contributed by atoms with Crippen molar-refractivity contribution in [3.05, 3.63) is 0 Å². The number of carbonyl (C=O) groups is 1. The first-order valence-electron chi connectivity index (χ1n) is 7.39. The van der Waals surface area contributed by atoms with E-state index in [-0.39, 0.29) is 0 Å². The van der Waals surface area contributed by atoms with Gasteiger partial charge in [0.15, 0.2) is 0 Å². The zero-order valence-corrected chi connectivity index (χ0v) is 11.7. The van der Waals surface area contributed by atoms with E-state index in [0.717, 1.165) is 32.1 Å². The average molecular weight is 253 g/mol. The largest absolute Gasteiger partial charge is 0.314 e. The summed E-state index contributed by atoms with van der Waals surface area (Å²) in [6, 6.07) is 0. The Kier molecular flexibility index (Phi) is 5.60. The van der Waals surface area contributed by atoms with Crippen molar-refractivity contribution in [3.63, 3.8) is 0 Å². The lowest BCUT2D eigenvalue weighted by molar-refractivity contribution is -0.118. The molecule has 2 aliphatic heterocycles. The van der Waals surface area contributed by atoms with Crippen molar-refractivity contribution < 1.29 is 4.79 Å². The third-order valence-corrected chi connectivity index (χ3v) is 4.22. The Morgan fingerprint density at radius 2 is 1.78 bits per heavy atom. The first kappa shape index (κ1) is 14.0. The van der Waals surface area contributed by atoms with Gasteiger partial charge in [-0.05, 0) is 51.7 Å². The van der Waals surface area contributed by atoms with Crippen LogP contribution in [0.3, 0.4) is 0 Å². The Balaban J connectivity index is 1.59. The normalized spacial score (nSPS) is 24.3. The van der Waals surface area contributed by atoms with Gasteiger partial charge in [-0.15, -0.1) is 0 Å². The number of likely N-dealkylation sites (tertiary alicyclic amines) is 1. The van der Waals surface area contributed by atoms with E-state index in [1.165, 1.54) is 38.9 Å². The molecule has 0 saturated carbocycles. The molecule has 104 valence electrons. The van der Waals surface area contributed by atoms with Gasteiger partial charge < -0.3 is 10.2 Å². The van der Waals surface area contributed by atoms with E-state index in [0.29, 0.717) is 12.3 Å². The molecular formula is C14H27N3O. The summed E-state index contributed by atoms with van der Waals surface area (Å²) in [4.78, 5) is 16.0. The summed E-state index contributed by atoms with van der Waals surface area (Å²) in [5, 5.41) is 3.40. The fourth-order valence-corrected chi connectivity index (χ4v) is 3.05. The van der Waals surface area contributed by atoms with Crippen LogP contribution in [-0.4, -0.2) is 67.9 Å². The van der Waals surface area contributed by atoms with Crippen molar-refractivity contribution in [3.8, 4) is 0 Å². The molecule has 0 spiro atoms. The lowest BCUT2D eigenvalue weighted by Crippen LogP contribution is -2.44. The fourth-order valence-electron chi connectivity index (χ4n) is 3.05. The van der Waals surface area contributed by atoms with Crippen molar-refractivity contribution in [1.29, 1.82) is 0 Å². The Labute approximate surface area is 111 Å². The molecule has 0 amide bonds. The van der Waals surface area contributed by atoms with E-state index in [1.54, 1.807) is 6.92 Å². The summed E-state index contributed by atoms with van der Waals surface area (Å²) in [7, 11) is 0. The molecule has 2 saturated heterocycles. The maximum absolute atomic E-state index is 11.1. The maximum Gasteiger partial charge on any atom is 0.143 e. The first-order valence-corrected chi connectivity index (χ1v) is 7.39. The monoisotopic (exact) mass is 253 g/mol. The van der Waals surface area contributed by atoms with Crippen LogP contribution in [0.5, 0.6) is 0 Å². The summed E-state index contributed by atoms with van der Waals surface area (Å²) in [6.07, 6.45) is 3.90. The summed E-state index contributed by atoms with van der Waals surface area (Å²) in [5.41, 5.74) is 0.